The second-order valence-corrected chi connectivity index (χ2v) is 7.06. The number of phenols is 1. The first kappa shape index (κ1) is 20.4. The molecule has 7 heteroatoms. The highest BCUT2D eigenvalue weighted by Gasteiger charge is 2.28. The Morgan fingerprint density at radius 2 is 1.76 bits per heavy atom. The average Bonchev–Trinajstić information content (AvgIpc) is 2.74. The van der Waals surface area contributed by atoms with Crippen molar-refractivity contribution in [3.63, 3.8) is 0 Å². The molecule has 7 nitrogen and oxygen atoms in total. The Bertz CT molecular complexity index is 889. The molecule has 0 unspecified atom stereocenters. The van der Waals surface area contributed by atoms with Gasteiger partial charge in [-0.25, -0.2) is 4.79 Å². The van der Waals surface area contributed by atoms with Gasteiger partial charge in [-0.3, -0.25) is 9.59 Å². The molecule has 1 fully saturated rings. The van der Waals surface area contributed by atoms with Crippen molar-refractivity contribution in [1.29, 1.82) is 0 Å². The van der Waals surface area contributed by atoms with Gasteiger partial charge in [0.2, 0.25) is 5.91 Å². The predicted molar refractivity (Wildman–Crippen MR) is 108 cm³/mol. The van der Waals surface area contributed by atoms with Crippen molar-refractivity contribution in [2.24, 2.45) is 5.92 Å². The van der Waals surface area contributed by atoms with Crippen LogP contribution in [0.2, 0.25) is 0 Å². The monoisotopic (exact) mass is 396 g/mol. The van der Waals surface area contributed by atoms with Crippen LogP contribution < -0.4 is 5.32 Å². The Morgan fingerprint density at radius 1 is 1.07 bits per heavy atom. The lowest BCUT2D eigenvalue weighted by Gasteiger charge is -2.31. The molecule has 29 heavy (non-hydrogen) atoms. The molecule has 3 rings (SSSR count). The maximum Gasteiger partial charge on any atom is 0.342 e. The molecule has 2 amide bonds. The van der Waals surface area contributed by atoms with E-state index in [1.54, 1.807) is 24.0 Å². The number of hydrogen-bond acceptors (Lipinski definition) is 5. The van der Waals surface area contributed by atoms with E-state index in [9.17, 15) is 19.5 Å². The van der Waals surface area contributed by atoms with Gasteiger partial charge < -0.3 is 20.1 Å². The number of nitrogens with zero attached hydrogens (tertiary/aromatic N) is 1. The summed E-state index contributed by atoms with van der Waals surface area (Å²) in [4.78, 5) is 38.4. The molecule has 0 spiro atoms. The molecular formula is C22H24N2O5. The Labute approximate surface area is 169 Å². The van der Waals surface area contributed by atoms with E-state index in [-0.39, 0.29) is 29.0 Å². The molecule has 2 aromatic carbocycles. The number of carbonyl (C=O) groups is 3. The fourth-order valence-corrected chi connectivity index (χ4v) is 3.28. The Hall–Kier alpha value is -3.35. The van der Waals surface area contributed by atoms with Crippen LogP contribution in [-0.2, 0) is 14.3 Å². The van der Waals surface area contributed by atoms with Gasteiger partial charge in [0.1, 0.15) is 11.3 Å². The number of nitrogens with one attached hydrogen (secondary N) is 1. The number of rotatable bonds is 5. The number of anilines is 1. The predicted octanol–water partition coefficient (Wildman–Crippen LogP) is 2.73. The van der Waals surface area contributed by atoms with Crippen molar-refractivity contribution in [3.8, 4) is 5.75 Å². The summed E-state index contributed by atoms with van der Waals surface area (Å²) >= 11 is 0. The summed E-state index contributed by atoms with van der Waals surface area (Å²) < 4.78 is 5.06. The van der Waals surface area contributed by atoms with Gasteiger partial charge >= 0.3 is 5.97 Å². The topological polar surface area (TPSA) is 95.9 Å². The third-order valence-electron chi connectivity index (χ3n) is 5.04. The smallest absolute Gasteiger partial charge is 0.342 e. The van der Waals surface area contributed by atoms with Gasteiger partial charge in [-0.05, 0) is 43.5 Å². The number of esters is 1. The van der Waals surface area contributed by atoms with E-state index in [0.29, 0.717) is 31.5 Å². The first-order valence-corrected chi connectivity index (χ1v) is 9.55. The van der Waals surface area contributed by atoms with Gasteiger partial charge in [0.05, 0.1) is 0 Å². The highest BCUT2D eigenvalue weighted by Crippen LogP contribution is 2.23. The van der Waals surface area contributed by atoms with Gasteiger partial charge in [0.15, 0.2) is 6.61 Å². The van der Waals surface area contributed by atoms with E-state index < -0.39 is 12.6 Å². The molecule has 2 N–H and O–H groups in total. The molecule has 1 saturated heterocycles. The zero-order valence-corrected chi connectivity index (χ0v) is 16.3. The van der Waals surface area contributed by atoms with Crippen LogP contribution >= 0.6 is 0 Å². The van der Waals surface area contributed by atoms with Crippen molar-refractivity contribution in [3.05, 3.63) is 59.7 Å². The number of likely N-dealkylation sites (tertiary alicyclic amines) is 1. The Balaban J connectivity index is 1.45. The van der Waals surface area contributed by atoms with Crippen LogP contribution in [0.15, 0.2) is 48.5 Å². The quantitative estimate of drug-likeness (QED) is 0.758. The van der Waals surface area contributed by atoms with Crippen molar-refractivity contribution in [2.45, 2.75) is 19.8 Å². The average molecular weight is 396 g/mol. The van der Waals surface area contributed by atoms with Crippen LogP contribution in [0.4, 0.5) is 5.69 Å². The minimum Gasteiger partial charge on any atom is -0.507 e. The van der Waals surface area contributed by atoms with Gasteiger partial charge in [-0.15, -0.1) is 0 Å². The van der Waals surface area contributed by atoms with Crippen LogP contribution in [-0.4, -0.2) is 47.5 Å². The van der Waals surface area contributed by atoms with Crippen LogP contribution in [0.3, 0.4) is 0 Å². The van der Waals surface area contributed by atoms with E-state index >= 15 is 0 Å². The summed E-state index contributed by atoms with van der Waals surface area (Å²) in [5, 5.41) is 12.8. The number of para-hydroxylation sites is 2. The van der Waals surface area contributed by atoms with Gasteiger partial charge in [0, 0.05) is 24.7 Å². The van der Waals surface area contributed by atoms with Crippen molar-refractivity contribution in [1.82, 2.24) is 4.90 Å². The Morgan fingerprint density at radius 3 is 2.45 bits per heavy atom. The lowest BCUT2D eigenvalue weighted by molar-refractivity contribution is -0.137. The van der Waals surface area contributed by atoms with Crippen molar-refractivity contribution >= 4 is 23.5 Å². The number of phenolic OH excluding ortho intramolecular Hbond substituents is 1. The maximum absolute atomic E-state index is 12.4. The first-order chi connectivity index (χ1) is 14.0. The molecule has 0 saturated carbocycles. The Kier molecular flexibility index (Phi) is 6.49. The highest BCUT2D eigenvalue weighted by atomic mass is 16.5. The maximum atomic E-state index is 12.4. The molecule has 2 aromatic rings. The minimum atomic E-state index is -0.739. The number of carbonyl (C=O) groups excluding carboxylic acids is 3. The summed E-state index contributed by atoms with van der Waals surface area (Å²) in [6.07, 6.45) is 1.11. The standard InChI is InChI=1S/C22H24N2O5/c1-15-6-5-9-18(20(15)26)22(28)29-14-19(25)24-12-10-16(11-13-24)21(27)23-17-7-3-2-4-8-17/h2-9,16,26H,10-14H2,1H3,(H,23,27). The third kappa shape index (κ3) is 5.13. The number of aryl methyl sites for hydroxylation is 1. The summed E-state index contributed by atoms with van der Waals surface area (Å²) in [5.41, 5.74) is 1.35. The lowest BCUT2D eigenvalue weighted by Crippen LogP contribution is -2.43. The largest absolute Gasteiger partial charge is 0.507 e. The van der Waals surface area contributed by atoms with Crippen LogP contribution in [0, 0.1) is 12.8 Å². The van der Waals surface area contributed by atoms with Crippen LogP contribution in [0.1, 0.15) is 28.8 Å². The summed E-state index contributed by atoms with van der Waals surface area (Å²) in [5.74, 6) is -1.41. The molecule has 1 aliphatic heterocycles. The van der Waals surface area contributed by atoms with Crippen molar-refractivity contribution < 1.29 is 24.2 Å². The van der Waals surface area contributed by atoms with E-state index in [2.05, 4.69) is 5.32 Å². The van der Waals surface area contributed by atoms with E-state index in [4.69, 9.17) is 4.74 Å². The van der Waals surface area contributed by atoms with E-state index in [1.165, 1.54) is 6.07 Å². The van der Waals surface area contributed by atoms with Crippen LogP contribution in [0.25, 0.3) is 0 Å². The molecule has 0 aromatic heterocycles. The number of hydrogen-bond donors (Lipinski definition) is 2. The lowest BCUT2D eigenvalue weighted by atomic mass is 9.95. The molecule has 0 aliphatic carbocycles. The van der Waals surface area contributed by atoms with E-state index in [0.717, 1.165) is 5.69 Å². The number of benzene rings is 2. The molecule has 0 bridgehead atoms. The third-order valence-corrected chi connectivity index (χ3v) is 5.04. The number of ether oxygens (including phenoxy) is 1. The number of amides is 2. The highest BCUT2D eigenvalue weighted by molar-refractivity contribution is 5.94. The molecule has 0 atom stereocenters. The second-order valence-electron chi connectivity index (χ2n) is 7.06. The molecular weight excluding hydrogens is 372 g/mol. The SMILES string of the molecule is Cc1cccc(C(=O)OCC(=O)N2CCC(C(=O)Nc3ccccc3)CC2)c1O. The molecule has 1 heterocycles. The summed E-state index contributed by atoms with van der Waals surface area (Å²) in [6.45, 7) is 2.14. The normalized spacial score (nSPS) is 14.3. The first-order valence-electron chi connectivity index (χ1n) is 9.55. The second kappa shape index (κ2) is 9.23. The fourth-order valence-electron chi connectivity index (χ4n) is 3.28. The molecule has 1 aliphatic rings. The fraction of sp³-hybridized carbons (Fsp3) is 0.318. The zero-order valence-electron chi connectivity index (χ0n) is 16.3. The molecule has 152 valence electrons. The van der Waals surface area contributed by atoms with Crippen molar-refractivity contribution in [2.75, 3.05) is 25.0 Å². The van der Waals surface area contributed by atoms with Gasteiger partial charge in [-0.2, -0.15) is 0 Å². The zero-order chi connectivity index (χ0) is 20.8. The van der Waals surface area contributed by atoms with Gasteiger partial charge in [0.25, 0.3) is 5.91 Å². The minimum absolute atomic E-state index is 0.0362. The van der Waals surface area contributed by atoms with E-state index in [1.807, 2.05) is 30.3 Å². The number of piperidine rings is 1. The summed E-state index contributed by atoms with van der Waals surface area (Å²) in [6, 6.07) is 14.0. The van der Waals surface area contributed by atoms with Gasteiger partial charge in [-0.1, -0.05) is 30.3 Å². The molecule has 0 radical (unpaired) electrons. The summed E-state index contributed by atoms with van der Waals surface area (Å²) in [7, 11) is 0. The van der Waals surface area contributed by atoms with Crippen LogP contribution in [0.5, 0.6) is 5.75 Å². The number of aromatic hydroxyl groups is 1.